The molecule has 0 saturated heterocycles. The molecule has 0 aliphatic heterocycles. The van der Waals surface area contributed by atoms with Crippen LogP contribution in [0.4, 0.5) is 0 Å². The van der Waals surface area contributed by atoms with E-state index < -0.39 is 6.10 Å². The van der Waals surface area contributed by atoms with Crippen molar-refractivity contribution in [3.05, 3.63) is 72.9 Å². The molecule has 0 N–H and O–H groups in total. The molecule has 0 saturated carbocycles. The third-order valence-electron chi connectivity index (χ3n) is 9.96. The summed E-state index contributed by atoms with van der Waals surface area (Å²) >= 11 is 0. The lowest BCUT2D eigenvalue weighted by Crippen LogP contribution is -2.30. The maximum Gasteiger partial charge on any atom is 0.306 e. The van der Waals surface area contributed by atoms with Crippen molar-refractivity contribution in [2.24, 2.45) is 0 Å². The van der Waals surface area contributed by atoms with Crippen molar-refractivity contribution in [1.82, 2.24) is 0 Å². The normalized spacial score (nSPS) is 12.7. The molecule has 1 atom stereocenters. The summed E-state index contributed by atoms with van der Waals surface area (Å²) in [5, 5.41) is 0. The third-order valence-corrected chi connectivity index (χ3v) is 9.96. The van der Waals surface area contributed by atoms with Gasteiger partial charge in [-0.25, -0.2) is 0 Å². The molecule has 0 fully saturated rings. The van der Waals surface area contributed by atoms with Gasteiger partial charge in [0.25, 0.3) is 0 Å². The maximum absolute atomic E-state index is 12.7. The largest absolute Gasteiger partial charge is 0.462 e. The molecule has 0 aliphatic rings. The number of allylic oxidation sites excluding steroid dienone is 12. The highest BCUT2D eigenvalue weighted by atomic mass is 16.6. The summed E-state index contributed by atoms with van der Waals surface area (Å²) in [5.74, 6) is -0.980. The first kappa shape index (κ1) is 54.9. The minimum atomic E-state index is -0.804. The average molecular weight is 809 g/mol. The molecule has 332 valence electrons. The molecule has 6 nitrogen and oxygen atoms in total. The molecule has 0 heterocycles. The summed E-state index contributed by atoms with van der Waals surface area (Å²) in [5.41, 5.74) is 0. The zero-order valence-electron chi connectivity index (χ0n) is 37.8. The Morgan fingerprint density at radius 2 is 0.690 bits per heavy atom. The fourth-order valence-corrected chi connectivity index (χ4v) is 6.42. The van der Waals surface area contributed by atoms with Crippen LogP contribution in [-0.4, -0.2) is 37.2 Å². The minimum Gasteiger partial charge on any atom is -0.462 e. The van der Waals surface area contributed by atoms with Gasteiger partial charge in [-0.3, -0.25) is 14.4 Å². The smallest absolute Gasteiger partial charge is 0.306 e. The molecule has 0 aromatic heterocycles. The van der Waals surface area contributed by atoms with Gasteiger partial charge in [-0.15, -0.1) is 0 Å². The van der Waals surface area contributed by atoms with E-state index in [1.807, 2.05) is 0 Å². The zero-order valence-corrected chi connectivity index (χ0v) is 37.8. The van der Waals surface area contributed by atoms with Crippen LogP contribution in [0.1, 0.15) is 220 Å². The third kappa shape index (κ3) is 44.0. The van der Waals surface area contributed by atoms with Gasteiger partial charge in [0, 0.05) is 19.3 Å². The van der Waals surface area contributed by atoms with E-state index in [0.717, 1.165) is 96.3 Å². The van der Waals surface area contributed by atoms with Gasteiger partial charge in [-0.2, -0.15) is 0 Å². The lowest BCUT2D eigenvalue weighted by molar-refractivity contribution is -0.167. The Balaban J connectivity index is 4.45. The fraction of sp³-hybridized carbons (Fsp3) is 0.712. The molecule has 6 heteroatoms. The van der Waals surface area contributed by atoms with Crippen LogP contribution < -0.4 is 0 Å². The van der Waals surface area contributed by atoms with Gasteiger partial charge in [0.2, 0.25) is 0 Å². The van der Waals surface area contributed by atoms with Crippen molar-refractivity contribution in [1.29, 1.82) is 0 Å². The highest BCUT2D eigenvalue weighted by Gasteiger charge is 2.19. The predicted octanol–water partition coefficient (Wildman–Crippen LogP) is 15.5. The van der Waals surface area contributed by atoms with Crippen LogP contribution in [0.3, 0.4) is 0 Å². The monoisotopic (exact) mass is 809 g/mol. The van der Waals surface area contributed by atoms with Crippen molar-refractivity contribution in [3.63, 3.8) is 0 Å². The van der Waals surface area contributed by atoms with Crippen LogP contribution in [0.15, 0.2) is 72.9 Å². The molecule has 0 radical (unpaired) electrons. The van der Waals surface area contributed by atoms with Crippen LogP contribution in [-0.2, 0) is 28.6 Å². The van der Waals surface area contributed by atoms with Gasteiger partial charge in [0.05, 0.1) is 0 Å². The quantitative estimate of drug-likeness (QED) is 0.0264. The number of hydrogen-bond donors (Lipinski definition) is 0. The zero-order chi connectivity index (χ0) is 42.3. The number of unbranched alkanes of at least 4 members (excludes halogenated alkanes) is 19. The van der Waals surface area contributed by atoms with Crippen molar-refractivity contribution < 1.29 is 28.6 Å². The highest BCUT2D eigenvalue weighted by Crippen LogP contribution is 2.15. The number of hydrogen-bond acceptors (Lipinski definition) is 6. The van der Waals surface area contributed by atoms with Crippen molar-refractivity contribution in [2.75, 3.05) is 13.2 Å². The molecule has 0 spiro atoms. The Bertz CT molecular complexity index is 1110. The van der Waals surface area contributed by atoms with Gasteiger partial charge < -0.3 is 14.2 Å². The van der Waals surface area contributed by atoms with E-state index in [9.17, 15) is 14.4 Å². The minimum absolute atomic E-state index is 0.0992. The second-order valence-corrected chi connectivity index (χ2v) is 15.6. The molecule has 0 rings (SSSR count). The Kier molecular flexibility index (Phi) is 44.0. The SMILES string of the molecule is CC/C=C\C/C=C\C/C=C\CCCCCCC(=O)OC(COC(=O)CCC/C=C\C/C=C\C/C=C\CC)COC(=O)CCCCCCCCCCCCCCCCC. The Hall–Kier alpha value is -3.15. The molecule has 1 unspecified atom stereocenters. The van der Waals surface area contributed by atoms with E-state index in [4.69, 9.17) is 14.2 Å². The standard InChI is InChI=1S/C52H88O6/c1-4-7-10-13-16-19-22-24-26-28-30-33-36-39-42-45-51(54)57-48-49(47-56-50(53)44-41-38-35-32-29-21-18-15-12-9-6-3)58-52(55)46-43-40-37-34-31-27-25-23-20-17-14-11-8-5-2/h8-9,11-12,17-18,20-21,25,27,32,35,49H,4-7,10,13-16,19,22-24,26,28-31,33-34,36-48H2,1-3H3/b11-8-,12-9-,20-17-,21-18-,27-25-,35-32-. The Morgan fingerprint density at radius 3 is 1.12 bits per heavy atom. The Labute approximate surface area is 357 Å². The van der Waals surface area contributed by atoms with Gasteiger partial charge >= 0.3 is 17.9 Å². The molecule has 0 aromatic rings. The second kappa shape index (κ2) is 46.5. The van der Waals surface area contributed by atoms with Crippen LogP contribution in [0.2, 0.25) is 0 Å². The van der Waals surface area contributed by atoms with E-state index in [2.05, 4.69) is 93.7 Å². The molecular weight excluding hydrogens is 721 g/mol. The van der Waals surface area contributed by atoms with Crippen LogP contribution in [0.25, 0.3) is 0 Å². The van der Waals surface area contributed by atoms with Crippen molar-refractivity contribution in [3.8, 4) is 0 Å². The lowest BCUT2D eigenvalue weighted by atomic mass is 10.0. The van der Waals surface area contributed by atoms with Gasteiger partial charge in [-0.1, -0.05) is 196 Å². The first-order chi connectivity index (χ1) is 28.5. The molecule has 58 heavy (non-hydrogen) atoms. The number of carbonyl (C=O) groups is 3. The Morgan fingerprint density at radius 1 is 0.362 bits per heavy atom. The van der Waals surface area contributed by atoms with E-state index in [0.29, 0.717) is 19.3 Å². The number of ether oxygens (including phenoxy) is 3. The van der Waals surface area contributed by atoms with E-state index in [1.54, 1.807) is 0 Å². The molecule has 0 aromatic carbocycles. The van der Waals surface area contributed by atoms with Crippen molar-refractivity contribution >= 4 is 17.9 Å². The first-order valence-electron chi connectivity index (χ1n) is 23.9. The predicted molar refractivity (Wildman–Crippen MR) is 247 cm³/mol. The topological polar surface area (TPSA) is 78.9 Å². The number of esters is 3. The fourth-order valence-electron chi connectivity index (χ4n) is 6.42. The molecule has 0 bridgehead atoms. The van der Waals surface area contributed by atoms with E-state index in [1.165, 1.54) is 77.0 Å². The summed E-state index contributed by atoms with van der Waals surface area (Å²) in [7, 11) is 0. The molecular formula is C52H88O6. The van der Waals surface area contributed by atoms with E-state index in [-0.39, 0.29) is 37.5 Å². The summed E-state index contributed by atoms with van der Waals surface area (Å²) in [4.78, 5) is 37.8. The van der Waals surface area contributed by atoms with Crippen molar-refractivity contribution in [2.45, 2.75) is 226 Å². The number of rotatable bonds is 42. The van der Waals surface area contributed by atoms with Crippen LogP contribution >= 0.6 is 0 Å². The van der Waals surface area contributed by atoms with Crippen LogP contribution in [0, 0.1) is 0 Å². The van der Waals surface area contributed by atoms with Gasteiger partial charge in [0.15, 0.2) is 6.10 Å². The van der Waals surface area contributed by atoms with E-state index >= 15 is 0 Å². The number of carbonyl (C=O) groups excluding carboxylic acids is 3. The summed E-state index contributed by atoms with van der Waals surface area (Å²) in [6, 6.07) is 0. The molecule has 0 aliphatic carbocycles. The maximum atomic E-state index is 12.7. The summed E-state index contributed by atoms with van der Waals surface area (Å²) in [6.45, 7) is 6.33. The highest BCUT2D eigenvalue weighted by molar-refractivity contribution is 5.71. The van der Waals surface area contributed by atoms with Crippen LogP contribution in [0.5, 0.6) is 0 Å². The van der Waals surface area contributed by atoms with Gasteiger partial charge in [-0.05, 0) is 77.0 Å². The summed E-state index contributed by atoms with van der Waals surface area (Å²) < 4.78 is 16.7. The lowest BCUT2D eigenvalue weighted by Gasteiger charge is -2.18. The molecule has 0 amide bonds. The average Bonchev–Trinajstić information content (AvgIpc) is 3.22. The second-order valence-electron chi connectivity index (χ2n) is 15.6. The first-order valence-corrected chi connectivity index (χ1v) is 23.9. The summed E-state index contributed by atoms with van der Waals surface area (Å²) in [6.07, 6.45) is 57.5. The van der Waals surface area contributed by atoms with Gasteiger partial charge in [0.1, 0.15) is 13.2 Å².